The molecule has 0 N–H and O–H groups in total. The summed E-state index contributed by atoms with van der Waals surface area (Å²) in [5.74, 6) is 5.62. The Hall–Kier alpha value is -4.70. The van der Waals surface area contributed by atoms with Gasteiger partial charge in [0.25, 0.3) is 0 Å². The van der Waals surface area contributed by atoms with Gasteiger partial charge in [-0.3, -0.25) is 0 Å². The Balaban J connectivity index is 1.30. The van der Waals surface area contributed by atoms with Gasteiger partial charge in [-0.1, -0.05) is 95.1 Å². The lowest BCUT2D eigenvalue weighted by atomic mass is 9.52. The Morgan fingerprint density at radius 2 is 1.29 bits per heavy atom. The lowest BCUT2D eigenvalue weighted by molar-refractivity contribution is 0.0642. The summed E-state index contributed by atoms with van der Waals surface area (Å²) >= 11 is 0. The van der Waals surface area contributed by atoms with Gasteiger partial charge in [0.1, 0.15) is 23.0 Å². The van der Waals surface area contributed by atoms with E-state index in [0.29, 0.717) is 11.8 Å². The topological polar surface area (TPSA) is 36.9 Å². The fourth-order valence-electron chi connectivity index (χ4n) is 13.1. The summed E-state index contributed by atoms with van der Waals surface area (Å²) in [6, 6.07) is 31.0. The van der Waals surface area contributed by atoms with E-state index in [0.717, 1.165) is 58.3 Å². The molecule has 1 aliphatic heterocycles. The molecule has 5 aromatic rings. The quantitative estimate of drug-likeness (QED) is 0.173. The second-order valence-electron chi connectivity index (χ2n) is 19.4. The Morgan fingerprint density at radius 1 is 0.661 bits per heavy atom. The number of methoxy groups -OCH3 is 3. The number of fused-ring (bicyclic) bond motifs is 13. The summed E-state index contributed by atoms with van der Waals surface area (Å²) in [5.41, 5.74) is 9.66. The van der Waals surface area contributed by atoms with E-state index in [1.54, 1.807) is 14.2 Å². The SMILES string of the molecule is COc1ccc(C2(c3ccc(OC)cc3)C=Cc3c4c(c5cc(C6CC7CCC6CC7)c(OC)cc5c3O2)-c2ccccc2C42CC(C)(C)CC(C)(C)C2)cc1. The lowest BCUT2D eigenvalue weighted by Crippen LogP contribution is -2.44. The second-order valence-corrected chi connectivity index (χ2v) is 19.4. The molecule has 4 saturated carbocycles. The average molecular weight is 745 g/mol. The first-order chi connectivity index (χ1) is 27.0. The first-order valence-corrected chi connectivity index (χ1v) is 21.0. The molecule has 0 aromatic heterocycles. The third-order valence-corrected chi connectivity index (χ3v) is 14.6. The van der Waals surface area contributed by atoms with Gasteiger partial charge in [-0.2, -0.15) is 0 Å². The molecule has 4 fully saturated rings. The first-order valence-electron chi connectivity index (χ1n) is 21.0. The largest absolute Gasteiger partial charge is 0.497 e. The number of ether oxygens (including phenoxy) is 4. The van der Waals surface area contributed by atoms with Crippen molar-refractivity contribution in [2.24, 2.45) is 22.7 Å². The van der Waals surface area contributed by atoms with Crippen molar-refractivity contribution in [3.63, 3.8) is 0 Å². The van der Waals surface area contributed by atoms with E-state index < -0.39 is 5.60 Å². The Labute approximate surface area is 333 Å². The summed E-state index contributed by atoms with van der Waals surface area (Å²) < 4.78 is 25.5. The minimum absolute atomic E-state index is 0.153. The summed E-state index contributed by atoms with van der Waals surface area (Å²) in [5, 5.41) is 2.42. The van der Waals surface area contributed by atoms with Crippen LogP contribution in [-0.4, -0.2) is 21.3 Å². The van der Waals surface area contributed by atoms with E-state index in [4.69, 9.17) is 18.9 Å². The van der Waals surface area contributed by atoms with Gasteiger partial charge in [-0.05, 0) is 143 Å². The molecule has 4 nitrogen and oxygen atoms in total. The predicted octanol–water partition coefficient (Wildman–Crippen LogP) is 13.0. The maximum absolute atomic E-state index is 7.82. The third-order valence-electron chi connectivity index (χ3n) is 14.6. The molecule has 11 rings (SSSR count). The van der Waals surface area contributed by atoms with Crippen molar-refractivity contribution in [1.29, 1.82) is 0 Å². The molecule has 1 unspecified atom stereocenters. The van der Waals surface area contributed by atoms with E-state index in [-0.39, 0.29) is 16.2 Å². The van der Waals surface area contributed by atoms with Gasteiger partial charge in [0.2, 0.25) is 0 Å². The molecule has 0 saturated heterocycles. The zero-order valence-corrected chi connectivity index (χ0v) is 34.3. The van der Waals surface area contributed by atoms with Crippen LogP contribution in [0.4, 0.5) is 0 Å². The highest BCUT2D eigenvalue weighted by Crippen LogP contribution is 2.67. The van der Waals surface area contributed by atoms with Crippen LogP contribution in [0.15, 0.2) is 91.0 Å². The van der Waals surface area contributed by atoms with Gasteiger partial charge < -0.3 is 18.9 Å². The molecule has 5 aliphatic carbocycles. The Bertz CT molecular complexity index is 2310. The summed E-state index contributed by atoms with van der Waals surface area (Å²) in [7, 11) is 5.30. The van der Waals surface area contributed by atoms with Crippen LogP contribution in [0.2, 0.25) is 0 Å². The van der Waals surface area contributed by atoms with Crippen molar-refractivity contribution < 1.29 is 18.9 Å². The van der Waals surface area contributed by atoms with Crippen LogP contribution >= 0.6 is 0 Å². The Kier molecular flexibility index (Phi) is 8.06. The number of rotatable bonds is 6. The van der Waals surface area contributed by atoms with Gasteiger partial charge in [-0.25, -0.2) is 0 Å². The molecular weight excluding hydrogens is 689 g/mol. The normalized spacial score (nSPS) is 24.2. The van der Waals surface area contributed by atoms with E-state index >= 15 is 0 Å². The zero-order valence-electron chi connectivity index (χ0n) is 34.3. The van der Waals surface area contributed by atoms with Crippen molar-refractivity contribution in [1.82, 2.24) is 0 Å². The van der Waals surface area contributed by atoms with Crippen LogP contribution in [0.5, 0.6) is 23.0 Å². The maximum Gasteiger partial charge on any atom is 0.178 e. The molecule has 288 valence electrons. The zero-order chi connectivity index (χ0) is 38.6. The van der Waals surface area contributed by atoms with E-state index in [1.165, 1.54) is 77.3 Å². The molecular formula is C52H56O4. The van der Waals surface area contributed by atoms with Crippen molar-refractivity contribution in [2.45, 2.75) is 96.0 Å². The fraction of sp³-hybridized carbons (Fsp3) is 0.423. The van der Waals surface area contributed by atoms with Gasteiger partial charge in [0, 0.05) is 27.5 Å². The highest BCUT2D eigenvalue weighted by Gasteiger charge is 2.55. The minimum atomic E-state index is -0.898. The summed E-state index contributed by atoms with van der Waals surface area (Å²) in [6.45, 7) is 9.98. The molecule has 4 heteroatoms. The summed E-state index contributed by atoms with van der Waals surface area (Å²) in [4.78, 5) is 0. The molecule has 6 aliphatic rings. The monoisotopic (exact) mass is 744 g/mol. The van der Waals surface area contributed by atoms with Crippen molar-refractivity contribution in [3.05, 3.63) is 124 Å². The molecule has 2 bridgehead atoms. The predicted molar refractivity (Wildman–Crippen MR) is 227 cm³/mol. The fourth-order valence-corrected chi connectivity index (χ4v) is 13.1. The number of hydrogen-bond donors (Lipinski definition) is 0. The summed E-state index contributed by atoms with van der Waals surface area (Å²) in [6.07, 6.45) is 14.8. The highest BCUT2D eigenvalue weighted by atomic mass is 16.5. The van der Waals surface area contributed by atoms with Crippen molar-refractivity contribution in [3.8, 4) is 34.1 Å². The van der Waals surface area contributed by atoms with Gasteiger partial charge in [0.05, 0.1) is 21.3 Å². The lowest BCUT2D eigenvalue weighted by Gasteiger charge is -2.52. The molecule has 56 heavy (non-hydrogen) atoms. The van der Waals surface area contributed by atoms with Crippen LogP contribution in [0.25, 0.3) is 28.0 Å². The van der Waals surface area contributed by atoms with Gasteiger partial charge in [-0.15, -0.1) is 0 Å². The molecule has 5 aromatic carbocycles. The first kappa shape index (κ1) is 35.7. The van der Waals surface area contributed by atoms with E-state index in [1.807, 2.05) is 31.4 Å². The van der Waals surface area contributed by atoms with Gasteiger partial charge in [0.15, 0.2) is 5.60 Å². The Morgan fingerprint density at radius 3 is 1.86 bits per heavy atom. The third kappa shape index (κ3) is 5.30. The van der Waals surface area contributed by atoms with Crippen LogP contribution in [0, 0.1) is 22.7 Å². The van der Waals surface area contributed by atoms with Crippen LogP contribution in [-0.2, 0) is 11.0 Å². The van der Waals surface area contributed by atoms with Crippen molar-refractivity contribution >= 4 is 16.8 Å². The molecule has 0 amide bonds. The maximum atomic E-state index is 7.82. The van der Waals surface area contributed by atoms with Crippen LogP contribution in [0.3, 0.4) is 0 Å². The number of hydrogen-bond acceptors (Lipinski definition) is 4. The molecule has 1 heterocycles. The van der Waals surface area contributed by atoms with Crippen LogP contribution in [0.1, 0.15) is 118 Å². The van der Waals surface area contributed by atoms with Crippen LogP contribution < -0.4 is 18.9 Å². The standard InChI is InChI=1S/C52H56O4/c1-49(2)29-50(3,4)31-51(30-49)44-11-9-8-10-38(44)46-42-27-41(40-26-32-12-14-33(40)15-13-32)45(55-7)28-43(42)48-39(47(46)51)24-25-52(56-48,34-16-20-36(53-5)21-17-34)35-18-22-37(54-6)23-19-35/h8-11,16-25,27-28,32-33,40H,12-15,26,29-31H2,1-7H3. The molecule has 1 spiro atoms. The van der Waals surface area contributed by atoms with E-state index in [9.17, 15) is 0 Å². The molecule has 1 atom stereocenters. The molecule has 0 radical (unpaired) electrons. The van der Waals surface area contributed by atoms with Crippen molar-refractivity contribution in [2.75, 3.05) is 21.3 Å². The average Bonchev–Trinajstić information content (AvgIpc) is 3.47. The number of benzene rings is 5. The minimum Gasteiger partial charge on any atom is -0.497 e. The second kappa shape index (κ2) is 12.7. The highest BCUT2D eigenvalue weighted by molar-refractivity contribution is 6.09. The van der Waals surface area contributed by atoms with E-state index in [2.05, 4.69) is 101 Å². The smallest absolute Gasteiger partial charge is 0.178 e. The van der Waals surface area contributed by atoms with Gasteiger partial charge >= 0.3 is 0 Å².